The van der Waals surface area contributed by atoms with Gasteiger partial charge in [0.2, 0.25) is 5.91 Å². The number of carboxylic acids is 1. The van der Waals surface area contributed by atoms with Crippen LogP contribution in [-0.2, 0) is 19.1 Å². The largest absolute Gasteiger partial charge is 0.481 e. The lowest BCUT2D eigenvalue weighted by atomic mass is 9.89. The van der Waals surface area contributed by atoms with Crippen molar-refractivity contribution in [1.82, 2.24) is 10.2 Å². The summed E-state index contributed by atoms with van der Waals surface area (Å²) in [6.45, 7) is 3.99. The molecule has 1 aliphatic carbocycles. The van der Waals surface area contributed by atoms with Crippen molar-refractivity contribution in [2.75, 3.05) is 20.3 Å². The predicted octanol–water partition coefficient (Wildman–Crippen LogP) is 3.64. The number of methoxy groups -OCH3 is 1. The number of rotatable bonds is 7. The minimum atomic E-state index is -0.995. The molecule has 2 unspecified atom stereocenters. The number of hydrogen-bond donors (Lipinski definition) is 2. The number of hydrogen-bond acceptors (Lipinski definition) is 5. The Morgan fingerprint density at radius 3 is 2.26 bits per heavy atom. The number of piperidine rings is 1. The fourth-order valence-corrected chi connectivity index (χ4v) is 5.25. The van der Waals surface area contributed by atoms with Gasteiger partial charge in [0.15, 0.2) is 0 Å². The Bertz CT molecular complexity index is 1060. The third-order valence-corrected chi connectivity index (χ3v) is 7.31. The molecular weight excluding hydrogens is 448 g/mol. The minimum Gasteiger partial charge on any atom is -0.481 e. The molecule has 8 nitrogen and oxygen atoms in total. The highest BCUT2D eigenvalue weighted by Crippen LogP contribution is 2.44. The van der Waals surface area contributed by atoms with Gasteiger partial charge >= 0.3 is 12.1 Å². The van der Waals surface area contributed by atoms with Gasteiger partial charge in [0.05, 0.1) is 12.0 Å². The lowest BCUT2D eigenvalue weighted by molar-refractivity contribution is -0.150. The van der Waals surface area contributed by atoms with Gasteiger partial charge in [0.1, 0.15) is 12.6 Å². The number of amides is 2. The molecule has 0 spiro atoms. The van der Waals surface area contributed by atoms with Crippen molar-refractivity contribution in [3.63, 3.8) is 0 Å². The Morgan fingerprint density at radius 2 is 1.69 bits per heavy atom. The summed E-state index contributed by atoms with van der Waals surface area (Å²) in [6, 6.07) is 14.6. The van der Waals surface area contributed by atoms with Crippen LogP contribution in [0.4, 0.5) is 4.79 Å². The van der Waals surface area contributed by atoms with Crippen LogP contribution in [0.5, 0.6) is 0 Å². The monoisotopic (exact) mass is 480 g/mol. The zero-order chi connectivity index (χ0) is 25.1. The lowest BCUT2D eigenvalue weighted by Crippen LogP contribution is -2.59. The first kappa shape index (κ1) is 24.7. The van der Waals surface area contributed by atoms with Crippen LogP contribution in [0.25, 0.3) is 11.1 Å². The number of aliphatic carboxylic acids is 1. The maximum atomic E-state index is 13.4. The molecule has 4 rings (SSSR count). The molecule has 1 heterocycles. The van der Waals surface area contributed by atoms with E-state index in [2.05, 4.69) is 17.4 Å². The van der Waals surface area contributed by atoms with Gasteiger partial charge in [-0.15, -0.1) is 0 Å². The van der Waals surface area contributed by atoms with Crippen molar-refractivity contribution in [2.45, 2.75) is 50.8 Å². The van der Waals surface area contributed by atoms with Gasteiger partial charge in [-0.25, -0.2) is 4.79 Å². The van der Waals surface area contributed by atoms with E-state index in [0.717, 1.165) is 22.3 Å². The third-order valence-electron chi connectivity index (χ3n) is 7.31. The molecular formula is C27H32N2O6. The van der Waals surface area contributed by atoms with Gasteiger partial charge < -0.3 is 24.8 Å². The van der Waals surface area contributed by atoms with Crippen molar-refractivity contribution in [1.29, 1.82) is 0 Å². The quantitative estimate of drug-likeness (QED) is 0.627. The van der Waals surface area contributed by atoms with Gasteiger partial charge in [0.25, 0.3) is 0 Å². The first-order valence-corrected chi connectivity index (χ1v) is 12.0. The molecule has 8 heteroatoms. The maximum absolute atomic E-state index is 13.4. The topological polar surface area (TPSA) is 105 Å². The number of likely N-dealkylation sites (tertiary alicyclic amines) is 1. The smallest absolute Gasteiger partial charge is 0.407 e. The number of ether oxygens (including phenoxy) is 2. The highest BCUT2D eigenvalue weighted by atomic mass is 16.5. The number of alkyl carbamates (subject to hydrolysis) is 1. The summed E-state index contributed by atoms with van der Waals surface area (Å²) in [7, 11) is 1.46. The van der Waals surface area contributed by atoms with E-state index in [1.165, 1.54) is 12.0 Å². The van der Waals surface area contributed by atoms with Gasteiger partial charge in [-0.3, -0.25) is 9.59 Å². The summed E-state index contributed by atoms with van der Waals surface area (Å²) in [5.74, 6) is -2.02. The third kappa shape index (κ3) is 4.89. The van der Waals surface area contributed by atoms with Crippen molar-refractivity contribution >= 4 is 18.0 Å². The standard InChI is InChI=1S/C27H32N2O6/c1-16-18(26(31)32)13-8-14-29(16)25(30)24(17(2)34-3)28-27(33)35-15-23-21-11-6-4-9-19(21)20-10-5-7-12-22(20)23/h4-7,9-12,16-18,23-24H,8,13-15H2,1-3H3,(H,28,33)(H,31,32)/t16-,17?,18-,24?/m1/s1. The van der Waals surface area contributed by atoms with E-state index >= 15 is 0 Å². The number of carbonyl (C=O) groups excluding carboxylic acids is 2. The summed E-state index contributed by atoms with van der Waals surface area (Å²) in [6.07, 6.45) is -0.231. The Balaban J connectivity index is 1.45. The zero-order valence-electron chi connectivity index (χ0n) is 20.3. The normalized spacial score (nSPS) is 20.9. The molecule has 1 fully saturated rings. The van der Waals surface area contributed by atoms with E-state index in [-0.39, 0.29) is 18.4 Å². The second kappa shape index (κ2) is 10.5. The highest BCUT2D eigenvalue weighted by Gasteiger charge is 2.40. The zero-order valence-corrected chi connectivity index (χ0v) is 20.3. The highest BCUT2D eigenvalue weighted by molar-refractivity contribution is 5.87. The van der Waals surface area contributed by atoms with E-state index in [0.29, 0.717) is 19.4 Å². The average Bonchev–Trinajstić information content (AvgIpc) is 3.19. The molecule has 0 bridgehead atoms. The lowest BCUT2D eigenvalue weighted by Gasteiger charge is -2.40. The summed E-state index contributed by atoms with van der Waals surface area (Å²) in [4.78, 5) is 39.4. The number of carbonyl (C=O) groups is 3. The van der Waals surface area contributed by atoms with Crippen LogP contribution in [-0.4, -0.2) is 66.4 Å². The number of carboxylic acid groups (broad SMARTS) is 1. The Hall–Kier alpha value is -3.39. The summed E-state index contributed by atoms with van der Waals surface area (Å²) >= 11 is 0. The van der Waals surface area contributed by atoms with Crippen LogP contribution in [0.1, 0.15) is 43.7 Å². The molecule has 4 atom stereocenters. The molecule has 1 aliphatic heterocycles. The molecule has 0 saturated carbocycles. The van der Waals surface area contributed by atoms with Crippen molar-refractivity contribution in [3.8, 4) is 11.1 Å². The van der Waals surface area contributed by atoms with Gasteiger partial charge in [-0.2, -0.15) is 0 Å². The number of benzene rings is 2. The molecule has 2 amide bonds. The van der Waals surface area contributed by atoms with Crippen LogP contribution in [0.15, 0.2) is 48.5 Å². The van der Waals surface area contributed by atoms with Gasteiger partial charge in [-0.1, -0.05) is 48.5 Å². The predicted molar refractivity (Wildman–Crippen MR) is 130 cm³/mol. The summed E-state index contributed by atoms with van der Waals surface area (Å²) in [5.41, 5.74) is 4.46. The first-order valence-electron chi connectivity index (χ1n) is 12.0. The van der Waals surface area contributed by atoms with Crippen LogP contribution >= 0.6 is 0 Å². The summed E-state index contributed by atoms with van der Waals surface area (Å²) < 4.78 is 11.0. The van der Waals surface area contributed by atoms with Crippen molar-refractivity contribution in [3.05, 3.63) is 59.7 Å². The van der Waals surface area contributed by atoms with Gasteiger partial charge in [-0.05, 0) is 48.9 Å². The van der Waals surface area contributed by atoms with Gasteiger partial charge in [0, 0.05) is 25.6 Å². The molecule has 2 aromatic carbocycles. The molecule has 2 aliphatic rings. The number of nitrogens with one attached hydrogen (secondary N) is 1. The Morgan fingerprint density at radius 1 is 1.09 bits per heavy atom. The maximum Gasteiger partial charge on any atom is 0.407 e. The molecule has 35 heavy (non-hydrogen) atoms. The Labute approximate surface area is 205 Å². The van der Waals surface area contributed by atoms with Crippen LogP contribution in [0.2, 0.25) is 0 Å². The van der Waals surface area contributed by atoms with E-state index in [9.17, 15) is 19.5 Å². The fraction of sp³-hybridized carbons (Fsp3) is 0.444. The summed E-state index contributed by atoms with van der Waals surface area (Å²) in [5, 5.41) is 12.2. The molecule has 2 aromatic rings. The van der Waals surface area contributed by atoms with Crippen LogP contribution in [0, 0.1) is 5.92 Å². The minimum absolute atomic E-state index is 0.0967. The van der Waals surface area contributed by atoms with Crippen molar-refractivity contribution < 1.29 is 29.0 Å². The number of fused-ring (bicyclic) bond motifs is 3. The molecule has 1 saturated heterocycles. The Kier molecular flexibility index (Phi) is 7.40. The average molecular weight is 481 g/mol. The fourth-order valence-electron chi connectivity index (χ4n) is 5.25. The molecule has 0 aromatic heterocycles. The second-order valence-corrected chi connectivity index (χ2v) is 9.25. The first-order chi connectivity index (χ1) is 16.8. The van der Waals surface area contributed by atoms with E-state index < -0.39 is 36.2 Å². The van der Waals surface area contributed by atoms with Crippen LogP contribution < -0.4 is 5.32 Å². The molecule has 186 valence electrons. The van der Waals surface area contributed by atoms with E-state index in [1.54, 1.807) is 13.8 Å². The van der Waals surface area contributed by atoms with E-state index in [1.807, 2.05) is 36.4 Å². The second-order valence-electron chi connectivity index (χ2n) is 9.25. The van der Waals surface area contributed by atoms with E-state index in [4.69, 9.17) is 9.47 Å². The SMILES string of the molecule is COC(C)C(NC(=O)OCC1c2ccccc2-c2ccccc21)C(=O)N1CCC[C@@H](C(=O)O)[C@H]1C. The number of nitrogens with zero attached hydrogens (tertiary/aromatic N) is 1. The van der Waals surface area contributed by atoms with Crippen molar-refractivity contribution in [2.24, 2.45) is 5.92 Å². The van der Waals surface area contributed by atoms with Crippen LogP contribution in [0.3, 0.4) is 0 Å². The molecule has 2 N–H and O–H groups in total. The molecule has 0 radical (unpaired) electrons.